The van der Waals surface area contributed by atoms with Crippen molar-refractivity contribution in [3.63, 3.8) is 0 Å². The molecule has 0 fully saturated rings. The largest absolute Gasteiger partial charge is 0.471 e. The molecule has 0 bridgehead atoms. The van der Waals surface area contributed by atoms with Crippen LogP contribution in [0.4, 0.5) is 24.5 Å². The number of pyridine rings is 1. The number of benzene rings is 1. The van der Waals surface area contributed by atoms with Gasteiger partial charge in [-0.2, -0.15) is 18.2 Å². The Labute approximate surface area is 179 Å². The van der Waals surface area contributed by atoms with Gasteiger partial charge in [-0.05, 0) is 17.7 Å². The van der Waals surface area contributed by atoms with Crippen molar-refractivity contribution < 1.29 is 17.7 Å². The molecule has 4 rings (SSSR count). The number of rotatable bonds is 7. The lowest BCUT2D eigenvalue weighted by molar-refractivity contribution is -0.159. The molecule has 8 nitrogen and oxygen atoms in total. The lowest BCUT2D eigenvalue weighted by Crippen LogP contribution is -2.41. The van der Waals surface area contributed by atoms with E-state index in [1.807, 2.05) is 30.3 Å². The average molecular weight is 443 g/mol. The second kappa shape index (κ2) is 8.25. The van der Waals surface area contributed by atoms with E-state index in [2.05, 4.69) is 25.0 Å². The van der Waals surface area contributed by atoms with Gasteiger partial charge in [-0.3, -0.25) is 14.6 Å². The van der Waals surface area contributed by atoms with Gasteiger partial charge >= 0.3 is 12.1 Å². The van der Waals surface area contributed by atoms with Crippen LogP contribution in [0.5, 0.6) is 0 Å². The second-order valence-electron chi connectivity index (χ2n) is 7.04. The van der Waals surface area contributed by atoms with E-state index in [1.165, 1.54) is 12.3 Å². The third kappa shape index (κ3) is 4.22. The van der Waals surface area contributed by atoms with E-state index in [9.17, 15) is 22.8 Å². The van der Waals surface area contributed by atoms with Gasteiger partial charge in [0.2, 0.25) is 5.82 Å². The number of alkyl halides is 3. The summed E-state index contributed by atoms with van der Waals surface area (Å²) < 4.78 is 42.0. The van der Waals surface area contributed by atoms with Gasteiger partial charge < -0.3 is 14.7 Å². The first kappa shape index (κ1) is 21.2. The van der Waals surface area contributed by atoms with E-state index in [-0.39, 0.29) is 29.3 Å². The van der Waals surface area contributed by atoms with Gasteiger partial charge in [0.05, 0.1) is 12.2 Å². The fourth-order valence-corrected chi connectivity index (χ4v) is 3.12. The van der Waals surface area contributed by atoms with Gasteiger partial charge in [0.1, 0.15) is 11.4 Å². The lowest BCUT2D eigenvalue weighted by atomic mass is 10.1. The van der Waals surface area contributed by atoms with Crippen LogP contribution in [0.15, 0.2) is 62.8 Å². The Hall–Kier alpha value is -4.02. The van der Waals surface area contributed by atoms with Crippen LogP contribution in [0.3, 0.4) is 0 Å². The summed E-state index contributed by atoms with van der Waals surface area (Å²) in [5.74, 6) is -1.67. The third-order valence-corrected chi connectivity index (χ3v) is 4.73. The zero-order valence-corrected chi connectivity index (χ0v) is 16.7. The van der Waals surface area contributed by atoms with E-state index in [0.717, 1.165) is 5.56 Å². The van der Waals surface area contributed by atoms with E-state index in [1.54, 1.807) is 18.0 Å². The van der Waals surface area contributed by atoms with Crippen LogP contribution >= 0.6 is 0 Å². The Morgan fingerprint density at radius 3 is 2.44 bits per heavy atom. The number of nitrogens with zero attached hydrogens (tertiary/aromatic N) is 4. The topological polar surface area (TPSA) is 101 Å². The molecule has 11 heteroatoms. The van der Waals surface area contributed by atoms with Crippen LogP contribution in [-0.4, -0.2) is 22.2 Å². The van der Waals surface area contributed by atoms with Crippen molar-refractivity contribution in [1.29, 1.82) is 0 Å². The molecule has 164 valence electrons. The Morgan fingerprint density at radius 2 is 1.81 bits per heavy atom. The van der Waals surface area contributed by atoms with Crippen LogP contribution < -0.4 is 21.1 Å². The van der Waals surface area contributed by atoms with Crippen LogP contribution in [0, 0.1) is 0 Å². The quantitative estimate of drug-likeness (QED) is 0.435. The normalized spacial score (nSPS) is 11.6. The summed E-state index contributed by atoms with van der Waals surface area (Å²) in [7, 11) is 1.65. The highest BCUT2D eigenvalue weighted by atomic mass is 19.4. The third-order valence-electron chi connectivity index (χ3n) is 4.73. The molecule has 4 aromatic rings. The molecule has 0 unspecified atom stereocenters. The van der Waals surface area contributed by atoms with E-state index in [0.29, 0.717) is 12.2 Å². The SMILES string of the molecule is CN(Cc1ccc(-c2noc(C(F)(F)F)n2)cn1)c1c(NCc2ccccc2)c(=O)c1=O. The van der Waals surface area contributed by atoms with E-state index in [4.69, 9.17) is 0 Å². The summed E-state index contributed by atoms with van der Waals surface area (Å²) in [6.07, 6.45) is -3.42. The molecular formula is C21H16F3N5O3. The number of halogens is 3. The Bertz CT molecular complexity index is 1290. The molecule has 1 N–H and O–H groups in total. The highest BCUT2D eigenvalue weighted by Crippen LogP contribution is 2.29. The summed E-state index contributed by atoms with van der Waals surface area (Å²) >= 11 is 0. The van der Waals surface area contributed by atoms with Crippen molar-refractivity contribution in [2.45, 2.75) is 19.3 Å². The predicted molar refractivity (Wildman–Crippen MR) is 110 cm³/mol. The Kier molecular flexibility index (Phi) is 5.47. The fraction of sp³-hybridized carbons (Fsp3) is 0.190. The molecule has 0 atom stereocenters. The minimum atomic E-state index is -4.73. The monoisotopic (exact) mass is 443 g/mol. The molecule has 32 heavy (non-hydrogen) atoms. The molecule has 0 spiro atoms. The molecule has 0 amide bonds. The molecule has 2 aromatic carbocycles. The van der Waals surface area contributed by atoms with Gasteiger partial charge in [-0.25, -0.2) is 0 Å². The zero-order chi connectivity index (χ0) is 22.9. The van der Waals surface area contributed by atoms with Gasteiger partial charge in [-0.1, -0.05) is 35.5 Å². The molecule has 2 aromatic heterocycles. The second-order valence-corrected chi connectivity index (χ2v) is 7.04. The van der Waals surface area contributed by atoms with Crippen molar-refractivity contribution in [2.24, 2.45) is 0 Å². The van der Waals surface area contributed by atoms with Gasteiger partial charge in [0.15, 0.2) is 0 Å². The van der Waals surface area contributed by atoms with Gasteiger partial charge in [0, 0.05) is 25.4 Å². The highest BCUT2D eigenvalue weighted by Gasteiger charge is 2.38. The van der Waals surface area contributed by atoms with Crippen LogP contribution in [-0.2, 0) is 19.3 Å². The molecular weight excluding hydrogens is 427 g/mol. The number of nitrogens with one attached hydrogen (secondary N) is 1. The maximum Gasteiger partial charge on any atom is 0.471 e. The van der Waals surface area contributed by atoms with Crippen molar-refractivity contribution >= 4 is 11.4 Å². The lowest BCUT2D eigenvalue weighted by Gasteiger charge is -2.23. The van der Waals surface area contributed by atoms with Gasteiger partial charge in [-0.15, -0.1) is 0 Å². The van der Waals surface area contributed by atoms with Crippen LogP contribution in [0.2, 0.25) is 0 Å². The van der Waals surface area contributed by atoms with Crippen molar-refractivity contribution in [2.75, 3.05) is 17.3 Å². The number of hydrogen-bond acceptors (Lipinski definition) is 8. The molecule has 0 aliphatic heterocycles. The average Bonchev–Trinajstić information content (AvgIpc) is 3.28. The predicted octanol–water partition coefficient (Wildman–Crippen LogP) is 2.99. The fourth-order valence-electron chi connectivity index (χ4n) is 3.12. The van der Waals surface area contributed by atoms with Crippen molar-refractivity contribution in [3.8, 4) is 11.4 Å². The number of hydrogen-bond donors (Lipinski definition) is 1. The summed E-state index contributed by atoms with van der Waals surface area (Å²) in [5, 5.41) is 6.32. The maximum atomic E-state index is 12.6. The summed E-state index contributed by atoms with van der Waals surface area (Å²) in [6, 6.07) is 12.5. The smallest absolute Gasteiger partial charge is 0.376 e. The van der Waals surface area contributed by atoms with Gasteiger partial charge in [0.25, 0.3) is 10.9 Å². The van der Waals surface area contributed by atoms with Crippen LogP contribution in [0.25, 0.3) is 11.4 Å². The first-order valence-electron chi connectivity index (χ1n) is 9.42. The summed E-state index contributed by atoms with van der Waals surface area (Å²) in [4.78, 5) is 33.2. The van der Waals surface area contributed by atoms with E-state index >= 15 is 0 Å². The molecule has 0 aliphatic rings. The molecule has 0 aliphatic carbocycles. The first-order valence-corrected chi connectivity index (χ1v) is 9.42. The zero-order valence-electron chi connectivity index (χ0n) is 16.7. The Morgan fingerprint density at radius 1 is 1.06 bits per heavy atom. The minimum Gasteiger partial charge on any atom is -0.376 e. The first-order chi connectivity index (χ1) is 15.2. The number of anilines is 2. The molecule has 0 saturated carbocycles. The molecule has 2 heterocycles. The van der Waals surface area contributed by atoms with Crippen LogP contribution in [0.1, 0.15) is 17.1 Å². The molecule has 0 radical (unpaired) electrons. The highest BCUT2D eigenvalue weighted by molar-refractivity contribution is 5.75. The van der Waals surface area contributed by atoms with E-state index < -0.39 is 22.9 Å². The summed E-state index contributed by atoms with van der Waals surface area (Å²) in [5.41, 5.74) is 1.05. The maximum absolute atomic E-state index is 12.6. The number of aromatic nitrogens is 3. The molecule has 0 saturated heterocycles. The minimum absolute atomic E-state index is 0.200. The van der Waals surface area contributed by atoms with Crippen molar-refractivity contribution in [3.05, 3.63) is 86.3 Å². The summed E-state index contributed by atoms with van der Waals surface area (Å²) in [6.45, 7) is 0.593. The Balaban J connectivity index is 1.45. The standard InChI is InChI=1S/C21H16F3N5O3/c1-29(16-15(17(30)18(16)31)26-9-12-5-3-2-4-6-12)11-14-8-7-13(10-25-14)19-27-20(32-28-19)21(22,23)24/h2-8,10,26H,9,11H2,1H3. The van der Waals surface area contributed by atoms with Crippen molar-refractivity contribution in [1.82, 2.24) is 15.1 Å².